The van der Waals surface area contributed by atoms with Crippen LogP contribution in [0.25, 0.3) is 0 Å². The summed E-state index contributed by atoms with van der Waals surface area (Å²) in [5.41, 5.74) is 2.78. The first-order valence-electron chi connectivity index (χ1n) is 5.90. The van der Waals surface area contributed by atoms with Crippen LogP contribution in [0.4, 0.5) is 11.4 Å². The van der Waals surface area contributed by atoms with Crippen LogP contribution in [0.15, 0.2) is 40.9 Å². The molecule has 0 saturated heterocycles. The standard InChI is InChI=1S/C14H12BrClN2O2/c1-9-2-4-11(7-13(9)16)17-8-10-3-5-12(15)14(6-10)18(19)20/h2-7,17H,8H2,1H3. The van der Waals surface area contributed by atoms with Crippen LogP contribution in [-0.2, 0) is 6.54 Å². The molecule has 0 saturated carbocycles. The predicted molar refractivity (Wildman–Crippen MR) is 84.3 cm³/mol. The summed E-state index contributed by atoms with van der Waals surface area (Å²) in [7, 11) is 0. The van der Waals surface area contributed by atoms with Gasteiger partial charge in [0, 0.05) is 23.3 Å². The maximum absolute atomic E-state index is 10.9. The molecular weight excluding hydrogens is 344 g/mol. The highest BCUT2D eigenvalue weighted by Gasteiger charge is 2.12. The summed E-state index contributed by atoms with van der Waals surface area (Å²) < 4.78 is 0.477. The monoisotopic (exact) mass is 354 g/mol. The van der Waals surface area contributed by atoms with Crippen molar-refractivity contribution in [1.29, 1.82) is 0 Å². The number of rotatable bonds is 4. The average Bonchev–Trinajstić information content (AvgIpc) is 2.41. The molecule has 0 aliphatic rings. The Kier molecular flexibility index (Phi) is 4.62. The number of aryl methyl sites for hydroxylation is 1. The second-order valence-electron chi connectivity index (χ2n) is 4.36. The number of nitro groups is 1. The Balaban J connectivity index is 2.12. The third-order valence-corrected chi connectivity index (χ3v) is 3.95. The first kappa shape index (κ1) is 14.8. The summed E-state index contributed by atoms with van der Waals surface area (Å²) in [5, 5.41) is 14.8. The molecule has 0 aliphatic carbocycles. The Hall–Kier alpha value is -1.59. The van der Waals surface area contributed by atoms with Gasteiger partial charge in [-0.3, -0.25) is 10.1 Å². The van der Waals surface area contributed by atoms with Crippen molar-refractivity contribution in [2.45, 2.75) is 13.5 Å². The van der Waals surface area contributed by atoms with Crippen molar-refractivity contribution >= 4 is 38.9 Å². The Bertz CT molecular complexity index is 662. The van der Waals surface area contributed by atoms with Gasteiger partial charge >= 0.3 is 0 Å². The van der Waals surface area contributed by atoms with Gasteiger partial charge in [0.1, 0.15) is 0 Å². The molecule has 2 aromatic rings. The van der Waals surface area contributed by atoms with Gasteiger partial charge in [0.2, 0.25) is 0 Å². The quantitative estimate of drug-likeness (QED) is 0.625. The van der Waals surface area contributed by atoms with Crippen LogP contribution in [0.3, 0.4) is 0 Å². The molecule has 0 heterocycles. The Labute approximate surface area is 130 Å². The fraction of sp³-hybridized carbons (Fsp3) is 0.143. The van der Waals surface area contributed by atoms with Gasteiger partial charge in [0.25, 0.3) is 5.69 Å². The summed E-state index contributed by atoms with van der Waals surface area (Å²) in [6.07, 6.45) is 0. The first-order valence-corrected chi connectivity index (χ1v) is 7.07. The van der Waals surface area contributed by atoms with Crippen LogP contribution in [0.1, 0.15) is 11.1 Å². The van der Waals surface area contributed by atoms with Crippen molar-refractivity contribution in [3.63, 3.8) is 0 Å². The van der Waals surface area contributed by atoms with Crippen molar-refractivity contribution in [1.82, 2.24) is 0 Å². The lowest BCUT2D eigenvalue weighted by atomic mass is 10.2. The average molecular weight is 356 g/mol. The number of nitro benzene ring substituents is 1. The lowest BCUT2D eigenvalue weighted by Crippen LogP contribution is -2.00. The fourth-order valence-electron chi connectivity index (χ4n) is 1.72. The molecule has 2 rings (SSSR count). The van der Waals surface area contributed by atoms with Crippen molar-refractivity contribution in [2.24, 2.45) is 0 Å². The summed E-state index contributed by atoms with van der Waals surface area (Å²) >= 11 is 9.21. The lowest BCUT2D eigenvalue weighted by Gasteiger charge is -2.08. The van der Waals surface area contributed by atoms with E-state index in [1.807, 2.05) is 31.2 Å². The minimum absolute atomic E-state index is 0.0613. The SMILES string of the molecule is Cc1ccc(NCc2ccc(Br)c([N+](=O)[O-])c2)cc1Cl. The van der Waals surface area contributed by atoms with Crippen molar-refractivity contribution in [2.75, 3.05) is 5.32 Å². The van der Waals surface area contributed by atoms with Crippen LogP contribution in [0.2, 0.25) is 5.02 Å². The second-order valence-corrected chi connectivity index (χ2v) is 5.62. The van der Waals surface area contributed by atoms with Gasteiger partial charge in [-0.2, -0.15) is 0 Å². The number of hydrogen-bond donors (Lipinski definition) is 1. The van der Waals surface area contributed by atoms with Gasteiger partial charge < -0.3 is 5.32 Å². The zero-order chi connectivity index (χ0) is 14.7. The summed E-state index contributed by atoms with van der Waals surface area (Å²) in [4.78, 5) is 10.5. The smallest absolute Gasteiger partial charge is 0.283 e. The molecule has 0 radical (unpaired) electrons. The van der Waals surface area contributed by atoms with E-state index >= 15 is 0 Å². The second kappa shape index (κ2) is 6.24. The number of anilines is 1. The van der Waals surface area contributed by atoms with Crippen LogP contribution < -0.4 is 5.32 Å². The lowest BCUT2D eigenvalue weighted by molar-refractivity contribution is -0.385. The molecule has 0 atom stereocenters. The molecule has 1 N–H and O–H groups in total. The van der Waals surface area contributed by atoms with E-state index in [0.717, 1.165) is 16.8 Å². The zero-order valence-corrected chi connectivity index (χ0v) is 13.0. The van der Waals surface area contributed by atoms with Gasteiger partial charge in [0.05, 0.1) is 9.40 Å². The molecule has 0 aliphatic heterocycles. The molecular formula is C14H12BrClN2O2. The minimum atomic E-state index is -0.406. The van der Waals surface area contributed by atoms with Crippen LogP contribution in [0.5, 0.6) is 0 Å². The number of nitrogens with one attached hydrogen (secondary N) is 1. The van der Waals surface area contributed by atoms with E-state index in [1.165, 1.54) is 0 Å². The topological polar surface area (TPSA) is 55.2 Å². The van der Waals surface area contributed by atoms with Crippen LogP contribution in [-0.4, -0.2) is 4.92 Å². The van der Waals surface area contributed by atoms with E-state index in [4.69, 9.17) is 11.6 Å². The number of hydrogen-bond acceptors (Lipinski definition) is 3. The number of halogens is 2. The molecule has 6 heteroatoms. The van der Waals surface area contributed by atoms with Crippen molar-refractivity contribution in [3.05, 3.63) is 67.1 Å². The molecule has 0 fully saturated rings. The van der Waals surface area contributed by atoms with Gasteiger partial charge in [0.15, 0.2) is 0 Å². The van der Waals surface area contributed by atoms with E-state index in [-0.39, 0.29) is 5.69 Å². The van der Waals surface area contributed by atoms with E-state index < -0.39 is 4.92 Å². The largest absolute Gasteiger partial charge is 0.381 e. The van der Waals surface area contributed by atoms with Gasteiger partial charge in [-0.25, -0.2) is 0 Å². The highest BCUT2D eigenvalue weighted by Crippen LogP contribution is 2.26. The van der Waals surface area contributed by atoms with Gasteiger partial charge in [-0.15, -0.1) is 0 Å². The van der Waals surface area contributed by atoms with E-state index in [9.17, 15) is 10.1 Å². The summed E-state index contributed by atoms with van der Waals surface area (Å²) in [6, 6.07) is 10.7. The van der Waals surface area contributed by atoms with Crippen molar-refractivity contribution in [3.8, 4) is 0 Å². The number of benzene rings is 2. The third kappa shape index (κ3) is 3.49. The predicted octanol–water partition coefficient (Wildman–Crippen LogP) is 4.93. The van der Waals surface area contributed by atoms with Gasteiger partial charge in [-0.05, 0) is 52.2 Å². The molecule has 0 amide bonds. The van der Waals surface area contributed by atoms with E-state index in [1.54, 1.807) is 12.1 Å². The molecule has 2 aromatic carbocycles. The molecule has 0 aromatic heterocycles. The van der Waals surface area contributed by atoms with E-state index in [0.29, 0.717) is 16.0 Å². The molecule has 0 spiro atoms. The molecule has 0 bridgehead atoms. The molecule has 20 heavy (non-hydrogen) atoms. The van der Waals surface area contributed by atoms with Crippen molar-refractivity contribution < 1.29 is 4.92 Å². The van der Waals surface area contributed by atoms with E-state index in [2.05, 4.69) is 21.2 Å². The Morgan fingerprint density at radius 3 is 2.70 bits per heavy atom. The molecule has 104 valence electrons. The van der Waals surface area contributed by atoms with Crippen LogP contribution in [0, 0.1) is 17.0 Å². The Morgan fingerprint density at radius 2 is 2.05 bits per heavy atom. The summed E-state index contributed by atoms with van der Waals surface area (Å²) in [6.45, 7) is 2.43. The minimum Gasteiger partial charge on any atom is -0.381 e. The Morgan fingerprint density at radius 1 is 1.30 bits per heavy atom. The zero-order valence-electron chi connectivity index (χ0n) is 10.7. The van der Waals surface area contributed by atoms with Gasteiger partial charge in [-0.1, -0.05) is 23.7 Å². The first-order chi connectivity index (χ1) is 9.47. The molecule has 4 nitrogen and oxygen atoms in total. The summed E-state index contributed by atoms with van der Waals surface area (Å²) in [5.74, 6) is 0. The highest BCUT2D eigenvalue weighted by molar-refractivity contribution is 9.10. The maximum atomic E-state index is 10.9. The number of nitrogens with zero attached hydrogens (tertiary/aromatic N) is 1. The van der Waals surface area contributed by atoms with Crippen LogP contribution >= 0.6 is 27.5 Å². The fourth-order valence-corrected chi connectivity index (χ4v) is 2.29. The molecule has 0 unspecified atom stereocenters. The maximum Gasteiger partial charge on any atom is 0.283 e. The highest BCUT2D eigenvalue weighted by atomic mass is 79.9. The normalized spacial score (nSPS) is 10.3. The third-order valence-electron chi connectivity index (χ3n) is 2.88.